The van der Waals surface area contributed by atoms with Gasteiger partial charge in [0.1, 0.15) is 0 Å². The number of benzene rings is 3. The van der Waals surface area contributed by atoms with E-state index < -0.39 is 0 Å². The number of aromatic nitrogens is 1. The monoisotopic (exact) mass is 595 g/mol. The SMILES string of the molecule is CC.CCc1cccc(SN)c1.Cc1cccc(CN(C(=O)C[C@H](C)c2ccccc2)c2cc(C)c3c(c2)CCCC3)n1. The number of pyridine rings is 1. The smallest absolute Gasteiger partial charge is 0.227 e. The minimum atomic E-state index is 0.148. The molecular weight excluding hydrogens is 547 g/mol. The summed E-state index contributed by atoms with van der Waals surface area (Å²) in [5, 5.41) is 5.39. The van der Waals surface area contributed by atoms with Crippen LogP contribution in [-0.2, 0) is 30.6 Å². The van der Waals surface area contributed by atoms with Gasteiger partial charge in [0.25, 0.3) is 0 Å². The third-order valence-electron chi connectivity index (χ3n) is 7.84. The zero-order chi connectivity index (χ0) is 31.2. The van der Waals surface area contributed by atoms with Crippen LogP contribution in [0.3, 0.4) is 0 Å². The van der Waals surface area contributed by atoms with Crippen molar-refractivity contribution >= 4 is 23.5 Å². The van der Waals surface area contributed by atoms with Gasteiger partial charge < -0.3 is 4.90 Å². The van der Waals surface area contributed by atoms with Crippen molar-refractivity contribution in [1.82, 2.24) is 4.98 Å². The van der Waals surface area contributed by atoms with E-state index in [1.54, 1.807) is 0 Å². The zero-order valence-corrected chi connectivity index (χ0v) is 27.7. The highest BCUT2D eigenvalue weighted by atomic mass is 32.2. The molecule has 228 valence electrons. The zero-order valence-electron chi connectivity index (χ0n) is 26.9. The number of carbonyl (C=O) groups excluding carboxylic acids is 1. The number of nitrogens with two attached hydrogens (primary N) is 1. The number of hydrogen-bond acceptors (Lipinski definition) is 4. The van der Waals surface area contributed by atoms with Gasteiger partial charge in [-0.1, -0.05) is 76.2 Å². The largest absolute Gasteiger partial charge is 0.306 e. The highest BCUT2D eigenvalue weighted by Crippen LogP contribution is 2.31. The molecule has 0 spiro atoms. The predicted molar refractivity (Wildman–Crippen MR) is 185 cm³/mol. The first-order valence-corrected chi connectivity index (χ1v) is 16.6. The van der Waals surface area contributed by atoms with E-state index >= 15 is 0 Å². The summed E-state index contributed by atoms with van der Waals surface area (Å²) in [6.45, 7) is 13.0. The molecule has 1 aliphatic carbocycles. The topological polar surface area (TPSA) is 59.2 Å². The van der Waals surface area contributed by atoms with Gasteiger partial charge in [0.05, 0.1) is 12.2 Å². The molecule has 3 aromatic carbocycles. The van der Waals surface area contributed by atoms with Crippen molar-refractivity contribution in [3.05, 3.63) is 124 Å². The van der Waals surface area contributed by atoms with Crippen LogP contribution in [0.15, 0.2) is 89.8 Å². The van der Waals surface area contributed by atoms with Crippen LogP contribution in [0, 0.1) is 13.8 Å². The Morgan fingerprint density at radius 3 is 2.35 bits per heavy atom. The second kappa shape index (κ2) is 17.6. The summed E-state index contributed by atoms with van der Waals surface area (Å²) in [6, 6.07) is 29.1. The first-order valence-electron chi connectivity index (χ1n) is 15.7. The van der Waals surface area contributed by atoms with E-state index in [1.165, 1.54) is 52.6 Å². The molecule has 0 unspecified atom stereocenters. The van der Waals surface area contributed by atoms with Gasteiger partial charge in [-0.05, 0) is 128 Å². The lowest BCUT2D eigenvalue weighted by molar-refractivity contribution is -0.119. The molecule has 1 heterocycles. The van der Waals surface area contributed by atoms with Crippen LogP contribution in [-0.4, -0.2) is 10.9 Å². The van der Waals surface area contributed by atoms with Crippen LogP contribution in [0.4, 0.5) is 5.69 Å². The van der Waals surface area contributed by atoms with Gasteiger partial charge >= 0.3 is 0 Å². The molecule has 5 heteroatoms. The fourth-order valence-electron chi connectivity index (χ4n) is 5.51. The van der Waals surface area contributed by atoms with Crippen LogP contribution in [0.5, 0.6) is 0 Å². The molecule has 1 aliphatic rings. The van der Waals surface area contributed by atoms with Crippen molar-refractivity contribution in [1.29, 1.82) is 0 Å². The molecule has 2 N–H and O–H groups in total. The Morgan fingerprint density at radius 2 is 1.65 bits per heavy atom. The molecule has 1 amide bonds. The van der Waals surface area contributed by atoms with Crippen molar-refractivity contribution in [2.24, 2.45) is 5.14 Å². The fraction of sp³-hybridized carbons (Fsp3) is 0.368. The van der Waals surface area contributed by atoms with Crippen LogP contribution < -0.4 is 10.0 Å². The van der Waals surface area contributed by atoms with Crippen molar-refractivity contribution in [2.75, 3.05) is 4.90 Å². The summed E-state index contributed by atoms with van der Waals surface area (Å²) in [5.41, 5.74) is 9.65. The Balaban J connectivity index is 0.000000356. The number of amides is 1. The van der Waals surface area contributed by atoms with Crippen molar-refractivity contribution in [2.45, 2.75) is 97.4 Å². The lowest BCUT2D eigenvalue weighted by atomic mass is 9.88. The number of rotatable bonds is 8. The first kappa shape index (κ1) is 34.1. The Morgan fingerprint density at radius 1 is 0.930 bits per heavy atom. The Kier molecular flexibility index (Phi) is 14.0. The lowest BCUT2D eigenvalue weighted by Crippen LogP contribution is -2.32. The normalized spacial score (nSPS) is 12.5. The van der Waals surface area contributed by atoms with Gasteiger partial charge in [0.15, 0.2) is 0 Å². The van der Waals surface area contributed by atoms with Crippen LogP contribution in [0.2, 0.25) is 0 Å². The number of carbonyl (C=O) groups is 1. The third kappa shape index (κ3) is 10.1. The van der Waals surface area contributed by atoms with Crippen LogP contribution in [0.25, 0.3) is 0 Å². The van der Waals surface area contributed by atoms with E-state index in [0.717, 1.165) is 41.2 Å². The molecule has 1 aromatic heterocycles. The quantitative estimate of drug-likeness (QED) is 0.206. The number of anilines is 1. The molecule has 5 rings (SSSR count). The van der Waals surface area contributed by atoms with Crippen LogP contribution in [0.1, 0.15) is 92.1 Å². The third-order valence-corrected chi connectivity index (χ3v) is 8.37. The molecule has 0 radical (unpaired) electrons. The lowest BCUT2D eigenvalue weighted by Gasteiger charge is -2.27. The highest BCUT2D eigenvalue weighted by Gasteiger charge is 2.23. The molecule has 43 heavy (non-hydrogen) atoms. The minimum Gasteiger partial charge on any atom is -0.306 e. The standard InChI is InChI=1S/C28H32N2O.C8H11NS.C2H6/c1-20(23-11-5-4-6-12-23)17-28(31)30(19-25-14-9-10-22(3)29-25)26-16-21(2)27-15-8-7-13-24(27)18-26;1-2-7-4-3-5-8(6-7)10-9;1-2/h4-6,9-12,14,16,18,20H,7-8,13,15,17,19H2,1-3H3;3-6H,2,9H2,1H3;1-2H3/t20-;;/m0../s1. The minimum absolute atomic E-state index is 0.148. The summed E-state index contributed by atoms with van der Waals surface area (Å²) in [6.07, 6.45) is 6.31. The molecule has 0 bridgehead atoms. The summed E-state index contributed by atoms with van der Waals surface area (Å²) in [5.74, 6) is 0.315. The molecule has 0 saturated heterocycles. The molecule has 1 atom stereocenters. The van der Waals surface area contributed by atoms with E-state index in [4.69, 9.17) is 5.14 Å². The van der Waals surface area contributed by atoms with Gasteiger partial charge in [-0.15, -0.1) is 0 Å². The summed E-state index contributed by atoms with van der Waals surface area (Å²) in [4.78, 5) is 21.4. The predicted octanol–water partition coefficient (Wildman–Crippen LogP) is 9.55. The second-order valence-corrected chi connectivity index (χ2v) is 11.7. The molecule has 4 aromatic rings. The Labute approximate surface area is 264 Å². The van der Waals surface area contributed by atoms with E-state index in [2.05, 4.69) is 62.2 Å². The van der Waals surface area contributed by atoms with Gasteiger partial charge in [0.2, 0.25) is 5.91 Å². The Bertz CT molecular complexity index is 1420. The molecular formula is C38H49N3OS. The van der Waals surface area contributed by atoms with Crippen molar-refractivity contribution in [3.8, 4) is 0 Å². The summed E-state index contributed by atoms with van der Waals surface area (Å²) < 4.78 is 0. The van der Waals surface area contributed by atoms with Crippen LogP contribution >= 0.6 is 11.9 Å². The van der Waals surface area contributed by atoms with E-state index in [1.807, 2.05) is 74.2 Å². The fourth-order valence-corrected chi connectivity index (χ4v) is 5.88. The maximum absolute atomic E-state index is 13.6. The average Bonchev–Trinajstić information content (AvgIpc) is 3.05. The Hall–Kier alpha value is -3.41. The number of hydrogen-bond donors (Lipinski definition) is 1. The average molecular weight is 596 g/mol. The van der Waals surface area contributed by atoms with Gasteiger partial charge in [-0.3, -0.25) is 14.9 Å². The van der Waals surface area contributed by atoms with Crippen molar-refractivity contribution in [3.63, 3.8) is 0 Å². The van der Waals surface area contributed by atoms with Gasteiger partial charge in [-0.2, -0.15) is 0 Å². The first-order chi connectivity index (χ1) is 20.9. The summed E-state index contributed by atoms with van der Waals surface area (Å²) in [7, 11) is 0. The van der Waals surface area contributed by atoms with Gasteiger partial charge in [-0.25, -0.2) is 0 Å². The van der Waals surface area contributed by atoms with Crippen molar-refractivity contribution < 1.29 is 4.79 Å². The number of nitrogens with zero attached hydrogens (tertiary/aromatic N) is 2. The van der Waals surface area contributed by atoms with E-state index in [-0.39, 0.29) is 11.8 Å². The molecule has 0 saturated carbocycles. The molecule has 4 nitrogen and oxygen atoms in total. The molecule has 0 fully saturated rings. The highest BCUT2D eigenvalue weighted by molar-refractivity contribution is 7.97. The molecule has 0 aliphatic heterocycles. The maximum atomic E-state index is 13.6. The van der Waals surface area contributed by atoms with E-state index in [9.17, 15) is 4.79 Å². The summed E-state index contributed by atoms with van der Waals surface area (Å²) >= 11 is 1.30. The number of aryl methyl sites for hydroxylation is 4. The number of fused-ring (bicyclic) bond motifs is 1. The van der Waals surface area contributed by atoms with E-state index in [0.29, 0.717) is 13.0 Å². The maximum Gasteiger partial charge on any atom is 0.227 e. The van der Waals surface area contributed by atoms with Gasteiger partial charge in [0, 0.05) is 22.7 Å². The second-order valence-electron chi connectivity index (χ2n) is 11.0.